The molecule has 1 amide bonds. The second-order valence-electron chi connectivity index (χ2n) is 5.91. The first-order valence-electron chi connectivity index (χ1n) is 7.85. The van der Waals surface area contributed by atoms with Crippen molar-refractivity contribution in [1.82, 2.24) is 14.7 Å². The van der Waals surface area contributed by atoms with Crippen LogP contribution in [-0.2, 0) is 17.8 Å². The van der Waals surface area contributed by atoms with Gasteiger partial charge in [-0.25, -0.2) is 4.98 Å². The zero-order valence-electron chi connectivity index (χ0n) is 13.3. The maximum atomic E-state index is 12.2. The first-order chi connectivity index (χ1) is 11.7. The van der Waals surface area contributed by atoms with E-state index in [2.05, 4.69) is 10.3 Å². The highest BCUT2D eigenvalue weighted by Crippen LogP contribution is 2.22. The van der Waals surface area contributed by atoms with E-state index in [9.17, 15) is 4.79 Å². The largest absolute Gasteiger partial charge is 0.464 e. The summed E-state index contributed by atoms with van der Waals surface area (Å²) in [5, 5.41) is 3.91. The van der Waals surface area contributed by atoms with Crippen LogP contribution in [0.1, 0.15) is 16.8 Å². The molecule has 4 aromatic rings. The highest BCUT2D eigenvalue weighted by molar-refractivity contribution is 5.87. The van der Waals surface area contributed by atoms with Crippen LogP contribution in [0.3, 0.4) is 0 Å². The summed E-state index contributed by atoms with van der Waals surface area (Å²) in [6.07, 6.45) is 5.82. The van der Waals surface area contributed by atoms with Crippen molar-refractivity contribution in [3.8, 4) is 0 Å². The molecule has 1 aromatic carbocycles. The number of amides is 1. The van der Waals surface area contributed by atoms with Crippen LogP contribution in [0.5, 0.6) is 0 Å². The van der Waals surface area contributed by atoms with Gasteiger partial charge in [0.1, 0.15) is 11.2 Å². The number of aromatic nitrogens is 2. The number of aryl methyl sites for hydroxylation is 1. The summed E-state index contributed by atoms with van der Waals surface area (Å²) in [4.78, 5) is 16.7. The topological polar surface area (TPSA) is 59.5 Å². The van der Waals surface area contributed by atoms with Crippen molar-refractivity contribution in [2.75, 3.05) is 0 Å². The summed E-state index contributed by atoms with van der Waals surface area (Å²) >= 11 is 0. The highest BCUT2D eigenvalue weighted by atomic mass is 16.3. The molecule has 5 nitrogen and oxygen atoms in total. The van der Waals surface area contributed by atoms with E-state index in [1.807, 2.05) is 60.1 Å². The number of imidazole rings is 1. The Kier molecular flexibility index (Phi) is 3.54. The number of carbonyl (C=O) groups excluding carboxylic acids is 1. The predicted octanol–water partition coefficient (Wildman–Crippen LogP) is 3.25. The summed E-state index contributed by atoms with van der Waals surface area (Å²) in [7, 11) is 0. The van der Waals surface area contributed by atoms with Crippen LogP contribution in [0.25, 0.3) is 16.6 Å². The number of fused-ring (bicyclic) bond motifs is 2. The van der Waals surface area contributed by atoms with Crippen LogP contribution in [0.15, 0.2) is 59.5 Å². The standard InChI is InChI=1S/C19H17N3O2/c1-13-5-6-16-14(12-24-17(16)8-13)9-19(23)20-10-15-11-22-7-3-2-4-18(22)21-15/h2-8,11-12H,9-10H2,1H3,(H,20,23). The van der Waals surface area contributed by atoms with Crippen LogP contribution in [-0.4, -0.2) is 15.3 Å². The Morgan fingerprint density at radius 1 is 1.29 bits per heavy atom. The molecule has 5 heteroatoms. The number of benzene rings is 1. The van der Waals surface area contributed by atoms with Gasteiger partial charge in [0.05, 0.1) is 24.9 Å². The Labute approximate surface area is 138 Å². The molecule has 0 aliphatic rings. The van der Waals surface area contributed by atoms with E-state index in [1.54, 1.807) is 6.26 Å². The molecule has 0 aliphatic carbocycles. The molecule has 0 unspecified atom stereocenters. The maximum absolute atomic E-state index is 12.2. The van der Waals surface area contributed by atoms with E-state index in [0.29, 0.717) is 13.0 Å². The van der Waals surface area contributed by atoms with Crippen LogP contribution >= 0.6 is 0 Å². The fraction of sp³-hybridized carbons (Fsp3) is 0.158. The van der Waals surface area contributed by atoms with Gasteiger partial charge in [-0.2, -0.15) is 0 Å². The minimum absolute atomic E-state index is 0.0460. The lowest BCUT2D eigenvalue weighted by Gasteiger charge is -2.02. The van der Waals surface area contributed by atoms with Crippen molar-refractivity contribution in [3.05, 3.63) is 71.9 Å². The molecule has 0 radical (unpaired) electrons. The smallest absolute Gasteiger partial charge is 0.224 e. The number of hydrogen-bond donors (Lipinski definition) is 1. The van der Waals surface area contributed by atoms with Gasteiger partial charge in [-0.05, 0) is 30.7 Å². The van der Waals surface area contributed by atoms with Gasteiger partial charge in [-0.1, -0.05) is 18.2 Å². The number of pyridine rings is 1. The van der Waals surface area contributed by atoms with Gasteiger partial charge in [-0.3, -0.25) is 4.79 Å². The molecule has 120 valence electrons. The quantitative estimate of drug-likeness (QED) is 0.628. The number of hydrogen-bond acceptors (Lipinski definition) is 3. The number of nitrogens with zero attached hydrogens (tertiary/aromatic N) is 2. The van der Waals surface area contributed by atoms with Crippen molar-refractivity contribution in [2.45, 2.75) is 19.9 Å². The van der Waals surface area contributed by atoms with E-state index in [-0.39, 0.29) is 5.91 Å². The third-order valence-corrected chi connectivity index (χ3v) is 4.04. The van der Waals surface area contributed by atoms with E-state index in [0.717, 1.165) is 33.4 Å². The van der Waals surface area contributed by atoms with Gasteiger partial charge in [0.2, 0.25) is 5.91 Å². The minimum atomic E-state index is -0.0460. The molecule has 4 rings (SSSR count). The Balaban J connectivity index is 1.44. The molecule has 0 spiro atoms. The summed E-state index contributed by atoms with van der Waals surface area (Å²) < 4.78 is 7.48. The van der Waals surface area contributed by atoms with Crippen LogP contribution in [0.4, 0.5) is 0 Å². The monoisotopic (exact) mass is 319 g/mol. The Morgan fingerprint density at radius 2 is 2.21 bits per heavy atom. The minimum Gasteiger partial charge on any atom is -0.464 e. The Hall–Kier alpha value is -3.08. The zero-order valence-corrected chi connectivity index (χ0v) is 13.3. The van der Waals surface area contributed by atoms with E-state index in [4.69, 9.17) is 4.42 Å². The van der Waals surface area contributed by atoms with E-state index < -0.39 is 0 Å². The van der Waals surface area contributed by atoms with Crippen LogP contribution in [0, 0.1) is 6.92 Å². The summed E-state index contributed by atoms with van der Waals surface area (Å²) in [5.74, 6) is -0.0460. The summed E-state index contributed by atoms with van der Waals surface area (Å²) in [6, 6.07) is 11.8. The molecule has 3 aromatic heterocycles. The number of furan rings is 1. The highest BCUT2D eigenvalue weighted by Gasteiger charge is 2.11. The van der Waals surface area contributed by atoms with E-state index >= 15 is 0 Å². The number of rotatable bonds is 4. The van der Waals surface area contributed by atoms with Crippen molar-refractivity contribution in [3.63, 3.8) is 0 Å². The second kappa shape index (κ2) is 5.85. The van der Waals surface area contributed by atoms with Crippen LogP contribution in [0.2, 0.25) is 0 Å². The first-order valence-corrected chi connectivity index (χ1v) is 7.85. The van der Waals surface area contributed by atoms with Crippen molar-refractivity contribution >= 4 is 22.5 Å². The molecule has 0 saturated carbocycles. The van der Waals surface area contributed by atoms with E-state index in [1.165, 1.54) is 0 Å². The predicted molar refractivity (Wildman–Crippen MR) is 91.7 cm³/mol. The number of nitrogens with one attached hydrogen (secondary N) is 1. The Morgan fingerprint density at radius 3 is 3.08 bits per heavy atom. The molecule has 3 heterocycles. The molecule has 1 N–H and O–H groups in total. The van der Waals surface area contributed by atoms with Crippen molar-refractivity contribution in [2.24, 2.45) is 0 Å². The normalized spacial score (nSPS) is 11.2. The van der Waals surface area contributed by atoms with Crippen molar-refractivity contribution < 1.29 is 9.21 Å². The van der Waals surface area contributed by atoms with Gasteiger partial charge in [0, 0.05) is 23.3 Å². The average Bonchev–Trinajstić information content (AvgIpc) is 3.16. The SMILES string of the molecule is Cc1ccc2c(CC(=O)NCc3cn4ccccc4n3)coc2c1. The van der Waals surface area contributed by atoms with Crippen molar-refractivity contribution in [1.29, 1.82) is 0 Å². The molecule has 0 aliphatic heterocycles. The lowest BCUT2D eigenvalue weighted by molar-refractivity contribution is -0.120. The van der Waals surface area contributed by atoms with Gasteiger partial charge in [-0.15, -0.1) is 0 Å². The summed E-state index contributed by atoms with van der Waals surface area (Å²) in [5.41, 5.74) is 4.57. The maximum Gasteiger partial charge on any atom is 0.224 e. The van der Waals surface area contributed by atoms with Gasteiger partial charge in [0.15, 0.2) is 0 Å². The molecule has 24 heavy (non-hydrogen) atoms. The summed E-state index contributed by atoms with van der Waals surface area (Å²) in [6.45, 7) is 2.43. The fourth-order valence-corrected chi connectivity index (χ4v) is 2.82. The van der Waals surface area contributed by atoms with Gasteiger partial charge >= 0.3 is 0 Å². The molecule has 0 bridgehead atoms. The average molecular weight is 319 g/mol. The lowest BCUT2D eigenvalue weighted by Crippen LogP contribution is -2.24. The first kappa shape index (κ1) is 14.5. The third-order valence-electron chi connectivity index (χ3n) is 4.04. The fourth-order valence-electron chi connectivity index (χ4n) is 2.82. The Bertz CT molecular complexity index is 996. The molecule has 0 atom stereocenters. The second-order valence-corrected chi connectivity index (χ2v) is 5.91. The molecule has 0 fully saturated rings. The van der Waals surface area contributed by atoms with Gasteiger partial charge < -0.3 is 14.1 Å². The molecular weight excluding hydrogens is 302 g/mol. The zero-order chi connectivity index (χ0) is 16.5. The van der Waals surface area contributed by atoms with Crippen LogP contribution < -0.4 is 5.32 Å². The lowest BCUT2D eigenvalue weighted by atomic mass is 10.1. The van der Waals surface area contributed by atoms with Gasteiger partial charge in [0.25, 0.3) is 0 Å². The molecular formula is C19H17N3O2. The third kappa shape index (κ3) is 2.76. The number of carbonyl (C=O) groups is 1. The molecule has 0 saturated heterocycles.